The van der Waals surface area contributed by atoms with Crippen LogP contribution in [0, 0.1) is 0 Å². The molecule has 0 amide bonds. The molecule has 0 heterocycles. The van der Waals surface area contributed by atoms with Gasteiger partial charge in [0.25, 0.3) is 0 Å². The van der Waals surface area contributed by atoms with E-state index in [0.29, 0.717) is 19.6 Å². The van der Waals surface area contributed by atoms with Crippen molar-refractivity contribution < 1.29 is 14.6 Å². The van der Waals surface area contributed by atoms with E-state index in [1.54, 1.807) is 6.92 Å². The van der Waals surface area contributed by atoms with Gasteiger partial charge >= 0.3 is 5.97 Å². The molecule has 0 aliphatic rings. The lowest BCUT2D eigenvalue weighted by Crippen LogP contribution is -2.12. The van der Waals surface area contributed by atoms with E-state index >= 15 is 0 Å². The molecule has 0 radical (unpaired) electrons. The van der Waals surface area contributed by atoms with Crippen molar-refractivity contribution in [2.24, 2.45) is 0 Å². The summed E-state index contributed by atoms with van der Waals surface area (Å²) in [7, 11) is 0. The van der Waals surface area contributed by atoms with Gasteiger partial charge in [-0.2, -0.15) is 4.89 Å². The number of benzene rings is 1. The summed E-state index contributed by atoms with van der Waals surface area (Å²) < 4.78 is 0. The predicted octanol–water partition coefficient (Wildman–Crippen LogP) is 1.98. The Morgan fingerprint density at radius 2 is 2.07 bits per heavy atom. The highest BCUT2D eigenvalue weighted by atomic mass is 17.2. The summed E-state index contributed by atoms with van der Waals surface area (Å²) in [6.45, 7) is 2.65. The molecular weight excluding hydrogens is 194 g/mol. The van der Waals surface area contributed by atoms with E-state index in [1.807, 2.05) is 30.3 Å². The SMILES string of the molecule is CCC(=O)OOCCNc1ccccc1. The number of hydrogen-bond donors (Lipinski definition) is 1. The highest BCUT2D eigenvalue weighted by molar-refractivity contribution is 5.68. The van der Waals surface area contributed by atoms with Crippen LogP contribution >= 0.6 is 0 Å². The maximum absolute atomic E-state index is 10.7. The molecule has 4 nitrogen and oxygen atoms in total. The van der Waals surface area contributed by atoms with Crippen LogP contribution < -0.4 is 5.32 Å². The summed E-state index contributed by atoms with van der Waals surface area (Å²) in [5.74, 6) is -0.352. The molecule has 1 aromatic rings. The summed E-state index contributed by atoms with van der Waals surface area (Å²) in [4.78, 5) is 19.8. The second-order valence-corrected chi connectivity index (χ2v) is 2.92. The van der Waals surface area contributed by atoms with Gasteiger partial charge in [-0.1, -0.05) is 25.1 Å². The first-order valence-electron chi connectivity index (χ1n) is 4.94. The monoisotopic (exact) mass is 209 g/mol. The van der Waals surface area contributed by atoms with Crippen molar-refractivity contribution in [3.05, 3.63) is 30.3 Å². The van der Waals surface area contributed by atoms with Crippen LogP contribution in [0.1, 0.15) is 13.3 Å². The van der Waals surface area contributed by atoms with Crippen molar-refractivity contribution >= 4 is 11.7 Å². The van der Waals surface area contributed by atoms with E-state index in [1.165, 1.54) is 0 Å². The summed E-state index contributed by atoms with van der Waals surface area (Å²) in [6, 6.07) is 9.75. The molecule has 0 bridgehead atoms. The molecule has 15 heavy (non-hydrogen) atoms. The lowest BCUT2D eigenvalue weighted by atomic mass is 10.3. The van der Waals surface area contributed by atoms with Crippen molar-refractivity contribution in [2.75, 3.05) is 18.5 Å². The van der Waals surface area contributed by atoms with E-state index in [0.717, 1.165) is 5.69 Å². The van der Waals surface area contributed by atoms with Crippen molar-refractivity contribution in [3.8, 4) is 0 Å². The molecule has 0 aliphatic carbocycles. The number of nitrogens with one attached hydrogen (secondary N) is 1. The maximum atomic E-state index is 10.7. The molecule has 82 valence electrons. The first kappa shape index (κ1) is 11.5. The van der Waals surface area contributed by atoms with Gasteiger partial charge in [-0.3, -0.25) is 4.89 Å². The third-order valence-corrected chi connectivity index (χ3v) is 1.73. The lowest BCUT2D eigenvalue weighted by molar-refractivity contribution is -0.269. The van der Waals surface area contributed by atoms with Crippen LogP contribution in [0.4, 0.5) is 5.69 Å². The number of hydrogen-bond acceptors (Lipinski definition) is 4. The zero-order valence-electron chi connectivity index (χ0n) is 8.73. The summed E-state index contributed by atoms with van der Waals surface area (Å²) in [5, 5.41) is 3.12. The topological polar surface area (TPSA) is 47.6 Å². The van der Waals surface area contributed by atoms with E-state index in [2.05, 4.69) is 10.2 Å². The Kier molecular flexibility index (Phi) is 5.25. The van der Waals surface area contributed by atoms with Gasteiger partial charge in [0.1, 0.15) is 6.61 Å². The van der Waals surface area contributed by atoms with Crippen LogP contribution in [0.3, 0.4) is 0 Å². The van der Waals surface area contributed by atoms with Gasteiger partial charge in [-0.15, -0.1) is 0 Å². The molecule has 0 fully saturated rings. The minimum absolute atomic E-state index is 0.326. The number of carbonyl (C=O) groups is 1. The molecule has 0 spiro atoms. The number of carbonyl (C=O) groups excluding carboxylic acids is 1. The van der Waals surface area contributed by atoms with Crippen LogP contribution in [0.25, 0.3) is 0 Å². The van der Waals surface area contributed by atoms with Gasteiger partial charge in [0.05, 0.1) is 0 Å². The second kappa shape index (κ2) is 6.84. The molecule has 0 unspecified atom stereocenters. The Bertz CT molecular complexity index is 287. The molecule has 4 heteroatoms. The summed E-state index contributed by atoms with van der Waals surface area (Å²) in [6.07, 6.45) is 0.326. The average Bonchev–Trinajstić information content (AvgIpc) is 2.29. The Morgan fingerprint density at radius 1 is 1.33 bits per heavy atom. The third-order valence-electron chi connectivity index (χ3n) is 1.73. The standard InChI is InChI=1S/C11H15NO3/c1-2-11(13)15-14-9-8-12-10-6-4-3-5-7-10/h3-7,12H,2,8-9H2,1H3. The Hall–Kier alpha value is -1.55. The minimum atomic E-state index is -0.352. The highest BCUT2D eigenvalue weighted by Crippen LogP contribution is 2.03. The second-order valence-electron chi connectivity index (χ2n) is 2.92. The van der Waals surface area contributed by atoms with Crippen LogP contribution in [0.15, 0.2) is 30.3 Å². The fourth-order valence-corrected chi connectivity index (χ4v) is 0.959. The zero-order valence-corrected chi connectivity index (χ0v) is 8.73. The quantitative estimate of drug-likeness (QED) is 0.442. The first-order chi connectivity index (χ1) is 7.33. The normalized spacial score (nSPS) is 9.67. The molecule has 0 saturated heterocycles. The molecular formula is C11H15NO3. The molecule has 0 atom stereocenters. The van der Waals surface area contributed by atoms with Gasteiger partial charge in [0, 0.05) is 18.7 Å². The molecule has 1 aromatic carbocycles. The van der Waals surface area contributed by atoms with Gasteiger partial charge in [0.15, 0.2) is 0 Å². The van der Waals surface area contributed by atoms with Crippen LogP contribution in [0.5, 0.6) is 0 Å². The lowest BCUT2D eigenvalue weighted by Gasteiger charge is -2.05. The fraction of sp³-hybridized carbons (Fsp3) is 0.364. The van der Waals surface area contributed by atoms with Gasteiger partial charge in [-0.05, 0) is 12.1 Å². The van der Waals surface area contributed by atoms with Crippen molar-refractivity contribution in [1.29, 1.82) is 0 Å². The summed E-state index contributed by atoms with van der Waals surface area (Å²) in [5.41, 5.74) is 1.02. The van der Waals surface area contributed by atoms with Gasteiger partial charge in [0.2, 0.25) is 0 Å². The van der Waals surface area contributed by atoms with Crippen LogP contribution in [-0.4, -0.2) is 19.1 Å². The molecule has 1 rings (SSSR count). The zero-order chi connectivity index (χ0) is 10.9. The van der Waals surface area contributed by atoms with Crippen molar-refractivity contribution in [1.82, 2.24) is 0 Å². The average molecular weight is 209 g/mol. The third kappa shape index (κ3) is 5.02. The highest BCUT2D eigenvalue weighted by Gasteiger charge is 1.98. The first-order valence-corrected chi connectivity index (χ1v) is 4.94. The smallest absolute Gasteiger partial charge is 0.342 e. The number of rotatable bonds is 6. The van der Waals surface area contributed by atoms with Crippen molar-refractivity contribution in [2.45, 2.75) is 13.3 Å². The van der Waals surface area contributed by atoms with E-state index in [4.69, 9.17) is 4.89 Å². The minimum Gasteiger partial charge on any atom is -0.383 e. The van der Waals surface area contributed by atoms with Crippen molar-refractivity contribution in [3.63, 3.8) is 0 Å². The predicted molar refractivity (Wildman–Crippen MR) is 57.3 cm³/mol. The molecule has 0 aliphatic heterocycles. The molecule has 0 aromatic heterocycles. The Labute approximate surface area is 89.1 Å². The number of para-hydroxylation sites is 1. The largest absolute Gasteiger partial charge is 0.383 e. The van der Waals surface area contributed by atoms with Gasteiger partial charge in [-0.25, -0.2) is 4.79 Å². The van der Waals surface area contributed by atoms with E-state index in [9.17, 15) is 4.79 Å². The van der Waals surface area contributed by atoms with Gasteiger partial charge < -0.3 is 5.32 Å². The number of anilines is 1. The van der Waals surface area contributed by atoms with Crippen LogP contribution in [0.2, 0.25) is 0 Å². The summed E-state index contributed by atoms with van der Waals surface area (Å²) >= 11 is 0. The van der Waals surface area contributed by atoms with E-state index in [-0.39, 0.29) is 5.97 Å². The van der Waals surface area contributed by atoms with E-state index < -0.39 is 0 Å². The fourth-order valence-electron chi connectivity index (χ4n) is 0.959. The molecule has 1 N–H and O–H groups in total. The Balaban J connectivity index is 2.05. The maximum Gasteiger partial charge on any atom is 0.342 e. The van der Waals surface area contributed by atoms with Crippen LogP contribution in [-0.2, 0) is 14.6 Å². The Morgan fingerprint density at radius 3 is 2.73 bits per heavy atom. The molecule has 0 saturated carbocycles.